The average molecular weight is 254 g/mol. The summed E-state index contributed by atoms with van der Waals surface area (Å²) in [4.78, 5) is 3.16. The van der Waals surface area contributed by atoms with Crippen molar-refractivity contribution in [3.8, 4) is 0 Å². The molecule has 0 bridgehead atoms. The lowest BCUT2D eigenvalue weighted by atomic mass is 10.1. The summed E-state index contributed by atoms with van der Waals surface area (Å²) in [6, 6.07) is 0. The summed E-state index contributed by atoms with van der Waals surface area (Å²) in [6.07, 6.45) is 13.0. The number of aromatic amines is 1. The standard InChI is InChI=1S/C14H26N2S/c1-3-4-5-6-7-8-9-10-11-16-12-13(2)15-14(16)17/h12H,3-11H2,1-2H3,(H,15,17). The Labute approximate surface area is 110 Å². The molecule has 0 saturated heterocycles. The van der Waals surface area contributed by atoms with Crippen molar-refractivity contribution in [2.45, 2.75) is 71.8 Å². The number of H-pyrrole nitrogens is 1. The summed E-state index contributed by atoms with van der Waals surface area (Å²) in [5.74, 6) is 0. The number of nitrogens with one attached hydrogen (secondary N) is 1. The molecule has 98 valence electrons. The summed E-state index contributed by atoms with van der Waals surface area (Å²) in [6.45, 7) is 5.39. The van der Waals surface area contributed by atoms with Gasteiger partial charge in [0.1, 0.15) is 0 Å². The van der Waals surface area contributed by atoms with E-state index < -0.39 is 0 Å². The molecule has 0 aliphatic carbocycles. The zero-order valence-corrected chi connectivity index (χ0v) is 12.1. The van der Waals surface area contributed by atoms with Crippen LogP contribution in [-0.2, 0) is 6.54 Å². The number of hydrogen-bond donors (Lipinski definition) is 1. The number of rotatable bonds is 9. The molecule has 0 atom stereocenters. The summed E-state index contributed by atoms with van der Waals surface area (Å²) in [5.41, 5.74) is 1.16. The van der Waals surface area contributed by atoms with Crippen LogP contribution in [0.25, 0.3) is 0 Å². The van der Waals surface area contributed by atoms with Gasteiger partial charge in [0.2, 0.25) is 0 Å². The molecule has 2 nitrogen and oxygen atoms in total. The fourth-order valence-corrected chi connectivity index (χ4v) is 2.45. The van der Waals surface area contributed by atoms with E-state index >= 15 is 0 Å². The maximum Gasteiger partial charge on any atom is 0.177 e. The summed E-state index contributed by atoms with van der Waals surface area (Å²) in [5, 5.41) is 0. The molecule has 1 aromatic heterocycles. The molecule has 1 aromatic rings. The van der Waals surface area contributed by atoms with Crippen molar-refractivity contribution in [1.82, 2.24) is 9.55 Å². The first kappa shape index (κ1) is 14.5. The van der Waals surface area contributed by atoms with E-state index in [1.807, 2.05) is 0 Å². The third-order valence-electron chi connectivity index (χ3n) is 3.17. The molecule has 1 rings (SSSR count). The minimum absolute atomic E-state index is 0.866. The number of unbranched alkanes of at least 4 members (excludes halogenated alkanes) is 7. The highest BCUT2D eigenvalue weighted by Gasteiger charge is 1.96. The number of nitrogens with zero attached hydrogens (tertiary/aromatic N) is 1. The van der Waals surface area contributed by atoms with Crippen molar-refractivity contribution in [3.63, 3.8) is 0 Å². The van der Waals surface area contributed by atoms with Crippen LogP contribution in [0.2, 0.25) is 0 Å². The van der Waals surface area contributed by atoms with E-state index in [-0.39, 0.29) is 0 Å². The van der Waals surface area contributed by atoms with Gasteiger partial charge in [0.05, 0.1) is 0 Å². The second kappa shape index (κ2) is 8.51. The second-order valence-corrected chi connectivity index (χ2v) is 5.30. The molecule has 1 N–H and O–H groups in total. The van der Waals surface area contributed by atoms with Crippen molar-refractivity contribution >= 4 is 12.2 Å². The quantitative estimate of drug-likeness (QED) is 0.486. The predicted octanol–water partition coefficient (Wildman–Crippen LogP) is 4.99. The van der Waals surface area contributed by atoms with Crippen LogP contribution in [0.5, 0.6) is 0 Å². The maximum atomic E-state index is 5.23. The van der Waals surface area contributed by atoms with Crippen LogP contribution >= 0.6 is 12.2 Å². The monoisotopic (exact) mass is 254 g/mol. The van der Waals surface area contributed by atoms with Crippen molar-refractivity contribution in [3.05, 3.63) is 16.7 Å². The lowest BCUT2D eigenvalue weighted by molar-refractivity contribution is 0.541. The summed E-state index contributed by atoms with van der Waals surface area (Å²) in [7, 11) is 0. The van der Waals surface area contributed by atoms with E-state index in [0.29, 0.717) is 0 Å². The Hall–Kier alpha value is -0.570. The zero-order valence-electron chi connectivity index (χ0n) is 11.3. The Bertz CT molecular complexity index is 351. The fourth-order valence-electron chi connectivity index (χ4n) is 2.15. The van der Waals surface area contributed by atoms with E-state index in [9.17, 15) is 0 Å². The second-order valence-electron chi connectivity index (χ2n) is 4.91. The van der Waals surface area contributed by atoms with Crippen LogP contribution < -0.4 is 0 Å². The van der Waals surface area contributed by atoms with Gasteiger partial charge in [-0.15, -0.1) is 0 Å². The van der Waals surface area contributed by atoms with E-state index in [2.05, 4.69) is 29.6 Å². The molecule has 0 aliphatic heterocycles. The number of aromatic nitrogens is 2. The Morgan fingerprint density at radius 1 is 1.06 bits per heavy atom. The molecule has 0 fully saturated rings. The van der Waals surface area contributed by atoms with Gasteiger partial charge >= 0.3 is 0 Å². The Morgan fingerprint density at radius 3 is 2.18 bits per heavy atom. The fraction of sp³-hybridized carbons (Fsp3) is 0.786. The molecule has 1 heterocycles. The van der Waals surface area contributed by atoms with E-state index in [1.54, 1.807) is 0 Å². The molecule has 0 aliphatic rings. The molecule has 0 unspecified atom stereocenters. The lowest BCUT2D eigenvalue weighted by Crippen LogP contribution is -1.96. The molecular weight excluding hydrogens is 228 g/mol. The van der Waals surface area contributed by atoms with Gasteiger partial charge in [-0.25, -0.2) is 0 Å². The predicted molar refractivity (Wildman–Crippen MR) is 77.0 cm³/mol. The first-order valence-corrected chi connectivity index (χ1v) is 7.41. The van der Waals surface area contributed by atoms with Crippen molar-refractivity contribution in [1.29, 1.82) is 0 Å². The van der Waals surface area contributed by atoms with Gasteiger partial charge in [0.15, 0.2) is 4.77 Å². The number of aryl methyl sites for hydroxylation is 2. The van der Waals surface area contributed by atoms with Crippen LogP contribution in [0, 0.1) is 11.7 Å². The maximum absolute atomic E-state index is 5.23. The molecule has 0 aromatic carbocycles. The average Bonchev–Trinajstić information content (AvgIpc) is 2.61. The minimum Gasteiger partial charge on any atom is -0.335 e. The van der Waals surface area contributed by atoms with Crippen molar-refractivity contribution < 1.29 is 0 Å². The van der Waals surface area contributed by atoms with Gasteiger partial charge in [-0.2, -0.15) is 0 Å². The van der Waals surface area contributed by atoms with Crippen LogP contribution in [0.4, 0.5) is 0 Å². The largest absolute Gasteiger partial charge is 0.335 e. The van der Waals surface area contributed by atoms with Gasteiger partial charge in [0.25, 0.3) is 0 Å². The molecule has 0 radical (unpaired) electrons. The van der Waals surface area contributed by atoms with Crippen molar-refractivity contribution in [2.24, 2.45) is 0 Å². The Balaban J connectivity index is 2.01. The molecule has 17 heavy (non-hydrogen) atoms. The molecule has 0 amide bonds. The van der Waals surface area contributed by atoms with E-state index in [4.69, 9.17) is 12.2 Å². The molecule has 0 saturated carbocycles. The minimum atomic E-state index is 0.866. The first-order valence-electron chi connectivity index (χ1n) is 7.00. The molecular formula is C14H26N2S. The van der Waals surface area contributed by atoms with E-state index in [0.717, 1.165) is 17.0 Å². The highest BCUT2D eigenvalue weighted by molar-refractivity contribution is 7.71. The molecule has 3 heteroatoms. The normalized spacial score (nSPS) is 10.9. The molecule has 0 spiro atoms. The summed E-state index contributed by atoms with van der Waals surface area (Å²) >= 11 is 5.23. The summed E-state index contributed by atoms with van der Waals surface area (Å²) < 4.78 is 3.02. The van der Waals surface area contributed by atoms with Crippen molar-refractivity contribution in [2.75, 3.05) is 0 Å². The topological polar surface area (TPSA) is 20.7 Å². The van der Waals surface area contributed by atoms with Gasteiger partial charge in [-0.05, 0) is 25.6 Å². The lowest BCUT2D eigenvalue weighted by Gasteiger charge is -2.03. The van der Waals surface area contributed by atoms with Crippen LogP contribution in [0.15, 0.2) is 6.20 Å². The van der Waals surface area contributed by atoms with Gasteiger partial charge < -0.3 is 9.55 Å². The Morgan fingerprint density at radius 2 is 1.65 bits per heavy atom. The van der Waals surface area contributed by atoms with Gasteiger partial charge in [-0.1, -0.05) is 51.9 Å². The smallest absolute Gasteiger partial charge is 0.177 e. The van der Waals surface area contributed by atoms with Gasteiger partial charge in [0, 0.05) is 18.4 Å². The van der Waals surface area contributed by atoms with Crippen LogP contribution in [0.1, 0.15) is 64.0 Å². The number of imidazole rings is 1. The third-order valence-corrected chi connectivity index (χ3v) is 3.50. The first-order chi connectivity index (χ1) is 8.24. The third kappa shape index (κ3) is 6.06. The zero-order chi connectivity index (χ0) is 12.5. The van der Waals surface area contributed by atoms with Crippen LogP contribution in [0.3, 0.4) is 0 Å². The van der Waals surface area contributed by atoms with Gasteiger partial charge in [-0.3, -0.25) is 0 Å². The highest BCUT2D eigenvalue weighted by atomic mass is 32.1. The van der Waals surface area contributed by atoms with Crippen LogP contribution in [-0.4, -0.2) is 9.55 Å². The SMILES string of the molecule is CCCCCCCCCCn1cc(C)[nH]c1=S. The Kier molecular flexibility index (Phi) is 7.25. The van der Waals surface area contributed by atoms with E-state index in [1.165, 1.54) is 51.4 Å². The number of hydrogen-bond acceptors (Lipinski definition) is 1. The highest BCUT2D eigenvalue weighted by Crippen LogP contribution is 2.09.